The van der Waals surface area contributed by atoms with E-state index in [9.17, 15) is 9.59 Å². The first-order chi connectivity index (χ1) is 9.40. The summed E-state index contributed by atoms with van der Waals surface area (Å²) in [6, 6.07) is 8.20. The Morgan fingerprint density at radius 3 is 2.75 bits per heavy atom. The van der Waals surface area contributed by atoms with Gasteiger partial charge in [0.15, 0.2) is 0 Å². The van der Waals surface area contributed by atoms with E-state index in [2.05, 4.69) is 31.3 Å². The number of fused-ring (bicyclic) bond motifs is 1. The van der Waals surface area contributed by atoms with Crippen LogP contribution in [-0.2, 0) is 15.0 Å². The number of carboxylic acid groups (broad SMARTS) is 1. The minimum Gasteiger partial charge on any atom is -0.481 e. The molecule has 108 valence electrons. The van der Waals surface area contributed by atoms with Crippen LogP contribution in [0.1, 0.15) is 37.4 Å². The number of hydrogen-bond donors (Lipinski definition) is 2. The molecule has 1 unspecified atom stereocenters. The van der Waals surface area contributed by atoms with Crippen molar-refractivity contribution in [1.29, 1.82) is 0 Å². The molecule has 1 aliphatic rings. The summed E-state index contributed by atoms with van der Waals surface area (Å²) in [4.78, 5) is 22.3. The zero-order chi connectivity index (χ0) is 14.8. The van der Waals surface area contributed by atoms with E-state index in [-0.39, 0.29) is 28.9 Å². The third-order valence-electron chi connectivity index (χ3n) is 3.57. The van der Waals surface area contributed by atoms with Crippen LogP contribution in [0.15, 0.2) is 24.3 Å². The van der Waals surface area contributed by atoms with Crippen molar-refractivity contribution >= 4 is 23.6 Å². The smallest absolute Gasteiger partial charge is 0.313 e. The van der Waals surface area contributed by atoms with E-state index >= 15 is 0 Å². The summed E-state index contributed by atoms with van der Waals surface area (Å²) < 4.78 is 0. The highest BCUT2D eigenvalue weighted by atomic mass is 32.2. The molecule has 0 fully saturated rings. The lowest BCUT2D eigenvalue weighted by Gasteiger charge is -2.19. The summed E-state index contributed by atoms with van der Waals surface area (Å²) in [5.41, 5.74) is 2.51. The van der Waals surface area contributed by atoms with E-state index in [1.165, 1.54) is 11.1 Å². The molecule has 0 spiro atoms. The van der Waals surface area contributed by atoms with E-state index < -0.39 is 5.97 Å². The molecule has 0 radical (unpaired) electrons. The third-order valence-corrected chi connectivity index (χ3v) is 4.49. The number of carbonyl (C=O) groups is 2. The molecule has 0 bridgehead atoms. The second-order valence-electron chi connectivity index (χ2n) is 5.68. The van der Waals surface area contributed by atoms with Crippen LogP contribution < -0.4 is 5.32 Å². The summed E-state index contributed by atoms with van der Waals surface area (Å²) >= 11 is 1.12. The van der Waals surface area contributed by atoms with Gasteiger partial charge in [-0.2, -0.15) is 0 Å². The maximum Gasteiger partial charge on any atom is 0.313 e. The molecule has 0 aromatic heterocycles. The molecule has 4 nitrogen and oxygen atoms in total. The van der Waals surface area contributed by atoms with Gasteiger partial charge in [0.1, 0.15) is 0 Å². The lowest BCUT2D eigenvalue weighted by molar-refractivity contribution is -0.133. The zero-order valence-electron chi connectivity index (χ0n) is 11.7. The molecule has 2 rings (SSSR count). The Balaban J connectivity index is 1.98. The van der Waals surface area contributed by atoms with Crippen molar-refractivity contribution in [3.8, 4) is 0 Å². The molecule has 1 aromatic carbocycles. The molecular formula is C15H19NO3S. The summed E-state index contributed by atoms with van der Waals surface area (Å²) in [5, 5.41) is 11.6. The van der Waals surface area contributed by atoms with E-state index in [0.717, 1.165) is 18.2 Å². The van der Waals surface area contributed by atoms with Crippen LogP contribution in [0.3, 0.4) is 0 Å². The van der Waals surface area contributed by atoms with E-state index in [1.807, 2.05) is 12.1 Å². The van der Waals surface area contributed by atoms with Crippen LogP contribution in [0, 0.1) is 0 Å². The van der Waals surface area contributed by atoms with Gasteiger partial charge in [-0.3, -0.25) is 9.59 Å². The highest BCUT2D eigenvalue weighted by Gasteiger charge is 2.36. The van der Waals surface area contributed by atoms with E-state index in [1.54, 1.807) is 0 Å². The lowest BCUT2D eigenvalue weighted by atomic mass is 9.86. The normalized spacial score (nSPS) is 19.4. The number of amides is 1. The fourth-order valence-corrected chi connectivity index (χ4v) is 3.29. The minimum absolute atomic E-state index is 0.0270. The maximum atomic E-state index is 11.9. The van der Waals surface area contributed by atoms with Crippen molar-refractivity contribution in [3.63, 3.8) is 0 Å². The Hall–Kier alpha value is -1.49. The molecule has 2 N–H and O–H groups in total. The first-order valence-electron chi connectivity index (χ1n) is 6.58. The first-order valence-corrected chi connectivity index (χ1v) is 7.74. The highest BCUT2D eigenvalue weighted by Crippen LogP contribution is 2.44. The van der Waals surface area contributed by atoms with Gasteiger partial charge >= 0.3 is 5.97 Å². The Labute approximate surface area is 123 Å². The van der Waals surface area contributed by atoms with Gasteiger partial charge in [-0.25, -0.2) is 0 Å². The summed E-state index contributed by atoms with van der Waals surface area (Å²) in [6.45, 7) is 4.36. The predicted molar refractivity (Wildman–Crippen MR) is 79.9 cm³/mol. The number of aliphatic carboxylic acids is 1. The highest BCUT2D eigenvalue weighted by molar-refractivity contribution is 8.00. The van der Waals surface area contributed by atoms with Crippen LogP contribution in [0.5, 0.6) is 0 Å². The predicted octanol–water partition coefficient (Wildman–Crippen LogP) is 2.34. The quantitative estimate of drug-likeness (QED) is 0.874. The molecule has 1 atom stereocenters. The fraction of sp³-hybridized carbons (Fsp3) is 0.467. The average molecular weight is 293 g/mol. The van der Waals surface area contributed by atoms with Crippen LogP contribution in [0.2, 0.25) is 0 Å². The Bertz CT molecular complexity index is 528. The molecule has 1 amide bonds. The molecule has 0 heterocycles. The number of nitrogens with one attached hydrogen (secondary N) is 1. The summed E-state index contributed by atoms with van der Waals surface area (Å²) in [5.74, 6) is -0.852. The molecule has 5 heteroatoms. The molecular weight excluding hydrogens is 274 g/mol. The largest absolute Gasteiger partial charge is 0.481 e. The van der Waals surface area contributed by atoms with Crippen molar-refractivity contribution in [1.82, 2.24) is 5.32 Å². The van der Waals surface area contributed by atoms with E-state index in [4.69, 9.17) is 5.11 Å². The summed E-state index contributed by atoms with van der Waals surface area (Å²) in [7, 11) is 0. The van der Waals surface area contributed by atoms with Gasteiger partial charge < -0.3 is 10.4 Å². The van der Waals surface area contributed by atoms with Gasteiger partial charge in [0.2, 0.25) is 5.91 Å². The van der Waals surface area contributed by atoms with Crippen molar-refractivity contribution in [2.24, 2.45) is 0 Å². The van der Waals surface area contributed by atoms with Gasteiger partial charge in [0.25, 0.3) is 0 Å². The second-order valence-corrected chi connectivity index (χ2v) is 6.67. The molecule has 1 aliphatic carbocycles. The molecule has 20 heavy (non-hydrogen) atoms. The number of hydrogen-bond acceptors (Lipinski definition) is 3. The molecule has 0 aliphatic heterocycles. The Kier molecular flexibility index (Phi) is 4.38. The van der Waals surface area contributed by atoms with Gasteiger partial charge in [0.05, 0.1) is 17.5 Å². The minimum atomic E-state index is -0.893. The van der Waals surface area contributed by atoms with Crippen LogP contribution in [0.25, 0.3) is 0 Å². The monoisotopic (exact) mass is 293 g/mol. The van der Waals surface area contributed by atoms with Gasteiger partial charge in [-0.15, -0.1) is 11.8 Å². The number of thioether (sulfide) groups is 1. The van der Waals surface area contributed by atoms with Gasteiger partial charge in [0, 0.05) is 0 Å². The SMILES string of the molecule is CC1(C)CC(NC(=O)CSCC(=O)O)c2ccccc21. The third kappa shape index (κ3) is 3.33. The topological polar surface area (TPSA) is 66.4 Å². The number of carbonyl (C=O) groups excluding carboxylic acids is 1. The Morgan fingerprint density at radius 1 is 1.35 bits per heavy atom. The van der Waals surface area contributed by atoms with Crippen molar-refractivity contribution < 1.29 is 14.7 Å². The maximum absolute atomic E-state index is 11.9. The molecule has 0 saturated carbocycles. The standard InChI is InChI=1S/C15H19NO3S/c1-15(2)7-12(10-5-3-4-6-11(10)15)16-13(17)8-20-9-14(18)19/h3-6,12H,7-9H2,1-2H3,(H,16,17)(H,18,19). The average Bonchev–Trinajstić information content (AvgIpc) is 2.61. The van der Waals surface area contributed by atoms with Gasteiger partial charge in [-0.1, -0.05) is 38.1 Å². The van der Waals surface area contributed by atoms with Gasteiger partial charge in [-0.05, 0) is 23.0 Å². The molecule has 0 saturated heterocycles. The van der Waals surface area contributed by atoms with Crippen LogP contribution >= 0.6 is 11.8 Å². The number of rotatable bonds is 5. The lowest BCUT2D eigenvalue weighted by Crippen LogP contribution is -2.30. The second kappa shape index (κ2) is 5.87. The van der Waals surface area contributed by atoms with Crippen molar-refractivity contribution in [2.45, 2.75) is 31.7 Å². The van der Waals surface area contributed by atoms with Crippen LogP contribution in [0.4, 0.5) is 0 Å². The Morgan fingerprint density at radius 2 is 2.05 bits per heavy atom. The van der Waals surface area contributed by atoms with Crippen molar-refractivity contribution in [3.05, 3.63) is 35.4 Å². The summed E-state index contributed by atoms with van der Waals surface area (Å²) in [6.07, 6.45) is 0.877. The number of benzene rings is 1. The van der Waals surface area contributed by atoms with Crippen molar-refractivity contribution in [2.75, 3.05) is 11.5 Å². The molecule has 1 aromatic rings. The first kappa shape index (κ1) is 14.9. The van der Waals surface area contributed by atoms with E-state index in [0.29, 0.717) is 0 Å². The van der Waals surface area contributed by atoms with Crippen LogP contribution in [-0.4, -0.2) is 28.5 Å². The number of carboxylic acids is 1. The fourth-order valence-electron chi connectivity index (χ4n) is 2.74. The zero-order valence-corrected chi connectivity index (χ0v) is 12.5.